The molecule has 0 saturated carbocycles. The van der Waals surface area contributed by atoms with Crippen LogP contribution in [0.15, 0.2) is 75.0 Å². The summed E-state index contributed by atoms with van der Waals surface area (Å²) in [6.45, 7) is 1.80. The SMILES string of the molecule is CCOc1cc(C=Nn2c(-c3ccccc3)nc3ccccc3c2=O)c(Br)c(Cl)c1OCC(=O)OC. The Balaban J connectivity index is 1.83. The molecule has 36 heavy (non-hydrogen) atoms. The van der Waals surface area contributed by atoms with E-state index in [0.717, 1.165) is 5.56 Å². The fourth-order valence-electron chi connectivity index (χ4n) is 3.41. The van der Waals surface area contributed by atoms with Crippen LogP contribution in [-0.2, 0) is 9.53 Å². The summed E-state index contributed by atoms with van der Waals surface area (Å²) in [5.41, 5.74) is 1.51. The van der Waals surface area contributed by atoms with Gasteiger partial charge in [-0.25, -0.2) is 9.78 Å². The van der Waals surface area contributed by atoms with Crippen LogP contribution in [-0.4, -0.2) is 42.2 Å². The summed E-state index contributed by atoms with van der Waals surface area (Å²) >= 11 is 10.00. The number of carbonyl (C=O) groups is 1. The van der Waals surface area contributed by atoms with Gasteiger partial charge in [-0.2, -0.15) is 9.78 Å². The van der Waals surface area contributed by atoms with Crippen molar-refractivity contribution < 1.29 is 19.0 Å². The van der Waals surface area contributed by atoms with Crippen molar-refractivity contribution in [2.24, 2.45) is 5.10 Å². The Morgan fingerprint density at radius 1 is 1.14 bits per heavy atom. The predicted octanol–water partition coefficient (Wildman–Crippen LogP) is 5.31. The Labute approximate surface area is 220 Å². The molecule has 0 aliphatic rings. The highest BCUT2D eigenvalue weighted by molar-refractivity contribution is 9.10. The number of methoxy groups -OCH3 is 1. The highest BCUT2D eigenvalue weighted by atomic mass is 79.9. The number of esters is 1. The number of aromatic nitrogens is 2. The Kier molecular flexibility index (Phi) is 8.02. The van der Waals surface area contributed by atoms with Crippen molar-refractivity contribution in [2.75, 3.05) is 20.3 Å². The van der Waals surface area contributed by atoms with Crippen LogP contribution in [0.25, 0.3) is 22.3 Å². The molecule has 10 heteroatoms. The van der Waals surface area contributed by atoms with Crippen LogP contribution in [0.3, 0.4) is 0 Å². The van der Waals surface area contributed by atoms with Gasteiger partial charge in [-0.15, -0.1) is 0 Å². The molecule has 1 aromatic heterocycles. The summed E-state index contributed by atoms with van der Waals surface area (Å²) in [5.74, 6) is 0.318. The van der Waals surface area contributed by atoms with Crippen LogP contribution < -0.4 is 15.0 Å². The molecule has 0 amide bonds. The molecular weight excluding hydrogens is 550 g/mol. The monoisotopic (exact) mass is 569 g/mol. The number of para-hydroxylation sites is 1. The van der Waals surface area contributed by atoms with E-state index < -0.39 is 5.97 Å². The van der Waals surface area contributed by atoms with Crippen molar-refractivity contribution in [1.29, 1.82) is 0 Å². The number of fused-ring (bicyclic) bond motifs is 1. The van der Waals surface area contributed by atoms with Gasteiger partial charge in [0.1, 0.15) is 5.02 Å². The third kappa shape index (κ3) is 5.27. The summed E-state index contributed by atoms with van der Waals surface area (Å²) < 4.78 is 17.5. The molecule has 0 unspecified atom stereocenters. The number of nitrogens with zero attached hydrogens (tertiary/aromatic N) is 3. The van der Waals surface area contributed by atoms with Crippen LogP contribution in [0.4, 0.5) is 0 Å². The largest absolute Gasteiger partial charge is 0.490 e. The lowest BCUT2D eigenvalue weighted by Crippen LogP contribution is -2.20. The van der Waals surface area contributed by atoms with Gasteiger partial charge in [0, 0.05) is 15.6 Å². The average Bonchev–Trinajstić information content (AvgIpc) is 2.90. The number of benzene rings is 3. The minimum atomic E-state index is -0.563. The topological polar surface area (TPSA) is 92.0 Å². The van der Waals surface area contributed by atoms with E-state index in [9.17, 15) is 9.59 Å². The van der Waals surface area contributed by atoms with Gasteiger partial charge in [0.05, 0.1) is 30.8 Å². The lowest BCUT2D eigenvalue weighted by atomic mass is 10.2. The molecule has 0 bridgehead atoms. The van der Waals surface area contributed by atoms with E-state index in [1.165, 1.54) is 18.0 Å². The number of hydrogen-bond donors (Lipinski definition) is 0. The van der Waals surface area contributed by atoms with Crippen LogP contribution in [0.2, 0.25) is 5.02 Å². The van der Waals surface area contributed by atoms with Gasteiger partial charge in [0.25, 0.3) is 5.56 Å². The molecule has 184 valence electrons. The zero-order valence-corrected chi connectivity index (χ0v) is 21.7. The van der Waals surface area contributed by atoms with Crippen molar-refractivity contribution in [2.45, 2.75) is 6.92 Å². The summed E-state index contributed by atoms with van der Waals surface area (Å²) in [6.07, 6.45) is 1.48. The van der Waals surface area contributed by atoms with E-state index in [2.05, 4.69) is 25.8 Å². The van der Waals surface area contributed by atoms with E-state index in [1.807, 2.05) is 36.4 Å². The van der Waals surface area contributed by atoms with Crippen molar-refractivity contribution >= 4 is 50.6 Å². The summed E-state index contributed by atoms with van der Waals surface area (Å²) in [4.78, 5) is 29.6. The number of halogens is 2. The zero-order chi connectivity index (χ0) is 25.7. The van der Waals surface area contributed by atoms with Gasteiger partial charge in [0.15, 0.2) is 23.9 Å². The van der Waals surface area contributed by atoms with Gasteiger partial charge in [0.2, 0.25) is 0 Å². The maximum atomic E-state index is 13.4. The highest BCUT2D eigenvalue weighted by Gasteiger charge is 2.19. The van der Waals surface area contributed by atoms with Crippen molar-refractivity contribution in [3.8, 4) is 22.9 Å². The molecule has 4 rings (SSSR count). The fraction of sp³-hybridized carbons (Fsp3) is 0.154. The summed E-state index contributed by atoms with van der Waals surface area (Å²) in [6, 6.07) is 18.1. The first-order valence-corrected chi connectivity index (χ1v) is 12.1. The Morgan fingerprint density at radius 2 is 1.86 bits per heavy atom. The Morgan fingerprint density at radius 3 is 2.58 bits per heavy atom. The first kappa shape index (κ1) is 25.4. The molecule has 0 aliphatic heterocycles. The zero-order valence-electron chi connectivity index (χ0n) is 19.4. The minimum absolute atomic E-state index is 0.179. The quantitative estimate of drug-likeness (QED) is 0.211. The standard InChI is InChI=1S/C26H21BrClN3O5/c1-3-35-20-13-17(22(27)23(28)24(20)36-15-21(32)34-2)14-29-31-25(16-9-5-4-6-10-16)30-19-12-8-7-11-18(19)26(31)33/h4-14H,3,15H2,1-2H3. The van der Waals surface area contributed by atoms with E-state index >= 15 is 0 Å². The lowest BCUT2D eigenvalue weighted by molar-refractivity contribution is -0.142. The van der Waals surface area contributed by atoms with E-state index in [4.69, 9.17) is 26.1 Å². The molecule has 0 N–H and O–H groups in total. The number of rotatable bonds is 8. The lowest BCUT2D eigenvalue weighted by Gasteiger charge is -2.15. The molecular formula is C26H21BrClN3O5. The third-order valence-electron chi connectivity index (χ3n) is 5.12. The second-order valence-electron chi connectivity index (χ2n) is 7.40. The minimum Gasteiger partial charge on any atom is -0.490 e. The Hall–Kier alpha value is -3.69. The predicted molar refractivity (Wildman–Crippen MR) is 142 cm³/mol. The van der Waals surface area contributed by atoms with E-state index in [1.54, 1.807) is 31.2 Å². The third-order valence-corrected chi connectivity index (χ3v) is 6.56. The fourth-order valence-corrected chi connectivity index (χ4v) is 4.06. The van der Waals surface area contributed by atoms with E-state index in [0.29, 0.717) is 39.1 Å². The van der Waals surface area contributed by atoms with Gasteiger partial charge >= 0.3 is 5.97 Å². The molecule has 1 heterocycles. The van der Waals surface area contributed by atoms with Crippen molar-refractivity contribution in [3.05, 3.63) is 86.1 Å². The van der Waals surface area contributed by atoms with Gasteiger partial charge in [-0.1, -0.05) is 54.1 Å². The van der Waals surface area contributed by atoms with Crippen molar-refractivity contribution in [3.63, 3.8) is 0 Å². The molecule has 0 radical (unpaired) electrons. The summed E-state index contributed by atoms with van der Waals surface area (Å²) in [5, 5.41) is 5.10. The molecule has 0 atom stereocenters. The molecule has 4 aromatic rings. The molecule has 0 saturated heterocycles. The highest BCUT2D eigenvalue weighted by Crippen LogP contribution is 2.42. The molecule has 8 nitrogen and oxygen atoms in total. The second kappa shape index (κ2) is 11.4. The van der Waals surface area contributed by atoms with Crippen LogP contribution in [0.1, 0.15) is 12.5 Å². The van der Waals surface area contributed by atoms with Crippen LogP contribution in [0.5, 0.6) is 11.5 Å². The smallest absolute Gasteiger partial charge is 0.343 e. The Bertz CT molecular complexity index is 1510. The number of ether oxygens (including phenoxy) is 3. The van der Waals surface area contributed by atoms with Crippen molar-refractivity contribution in [1.82, 2.24) is 9.66 Å². The first-order chi connectivity index (χ1) is 17.4. The number of carbonyl (C=O) groups excluding carboxylic acids is 1. The molecule has 0 aliphatic carbocycles. The molecule has 0 fully saturated rings. The first-order valence-electron chi connectivity index (χ1n) is 10.9. The maximum Gasteiger partial charge on any atom is 0.343 e. The molecule has 3 aromatic carbocycles. The van der Waals surface area contributed by atoms with Crippen LogP contribution in [0, 0.1) is 0 Å². The molecule has 0 spiro atoms. The van der Waals surface area contributed by atoms with E-state index in [-0.39, 0.29) is 22.9 Å². The average molecular weight is 571 g/mol. The van der Waals surface area contributed by atoms with Gasteiger partial charge in [-0.3, -0.25) is 4.79 Å². The maximum absolute atomic E-state index is 13.4. The number of hydrogen-bond acceptors (Lipinski definition) is 7. The van der Waals surface area contributed by atoms with Gasteiger partial charge < -0.3 is 14.2 Å². The van der Waals surface area contributed by atoms with Gasteiger partial charge in [-0.05, 0) is 41.1 Å². The second-order valence-corrected chi connectivity index (χ2v) is 8.57. The van der Waals surface area contributed by atoms with Crippen LogP contribution >= 0.6 is 27.5 Å². The summed E-state index contributed by atoms with van der Waals surface area (Å²) in [7, 11) is 1.26. The normalized spacial score (nSPS) is 11.1.